The fourth-order valence-corrected chi connectivity index (χ4v) is 6.88. The van der Waals surface area contributed by atoms with Crippen LogP contribution in [-0.2, 0) is 55.8 Å². The first-order valence-corrected chi connectivity index (χ1v) is 16.2. The van der Waals surface area contributed by atoms with E-state index in [1.54, 1.807) is 0 Å². The Morgan fingerprint density at radius 2 is 1.18 bits per heavy atom. The number of benzene rings is 3. The van der Waals surface area contributed by atoms with Crippen molar-refractivity contribution in [3.8, 4) is 0 Å². The standard InChI is InChI=1S/C36H44O9/c1-21-31(39-18-26-14-15-27-12-8-9-13-28(27)16-26)33-29(19-37-23(3)41-33)44-36(21)45-32-22(2)35(40-17-25-10-6-5-7-11-25)43-30-20-38-24(4)42-34(30)32/h5-16,21-24,29-36H,17-20H2,1-4H3/t21?,22?,23?,24?,29?,30?,31-,32-,33+,34+,35-,36+/m1/s1. The van der Waals surface area contributed by atoms with Gasteiger partial charge in [0.15, 0.2) is 25.2 Å². The van der Waals surface area contributed by atoms with Crippen LogP contribution in [0.25, 0.3) is 10.8 Å². The molecule has 0 N–H and O–H groups in total. The lowest BCUT2D eigenvalue weighted by Crippen LogP contribution is -2.64. The molecular formula is C36H44O9. The monoisotopic (exact) mass is 620 g/mol. The maximum Gasteiger partial charge on any atom is 0.163 e. The topological polar surface area (TPSA) is 83.1 Å². The number of rotatable bonds is 8. The summed E-state index contributed by atoms with van der Waals surface area (Å²) in [5, 5.41) is 2.39. The van der Waals surface area contributed by atoms with Crippen molar-refractivity contribution < 1.29 is 42.6 Å². The van der Waals surface area contributed by atoms with Gasteiger partial charge >= 0.3 is 0 Å². The summed E-state index contributed by atoms with van der Waals surface area (Å²) >= 11 is 0. The van der Waals surface area contributed by atoms with Crippen LogP contribution in [0, 0.1) is 11.8 Å². The van der Waals surface area contributed by atoms with Gasteiger partial charge in [-0.3, -0.25) is 0 Å². The molecule has 0 radical (unpaired) electrons. The molecule has 0 bridgehead atoms. The predicted octanol–water partition coefficient (Wildman–Crippen LogP) is 5.57. The molecule has 4 heterocycles. The third-order valence-electron chi connectivity index (χ3n) is 9.39. The van der Waals surface area contributed by atoms with E-state index in [0.29, 0.717) is 26.4 Å². The van der Waals surface area contributed by atoms with Crippen molar-refractivity contribution in [2.75, 3.05) is 13.2 Å². The lowest BCUT2D eigenvalue weighted by atomic mass is 9.89. The summed E-state index contributed by atoms with van der Waals surface area (Å²) < 4.78 is 57.1. The zero-order valence-corrected chi connectivity index (χ0v) is 26.4. The average molecular weight is 621 g/mol. The van der Waals surface area contributed by atoms with E-state index in [-0.39, 0.29) is 61.0 Å². The number of ether oxygens (including phenoxy) is 9. The van der Waals surface area contributed by atoms with E-state index in [9.17, 15) is 0 Å². The van der Waals surface area contributed by atoms with Crippen molar-refractivity contribution in [3.63, 3.8) is 0 Å². The molecule has 45 heavy (non-hydrogen) atoms. The van der Waals surface area contributed by atoms with Gasteiger partial charge in [-0.2, -0.15) is 0 Å². The van der Waals surface area contributed by atoms with Gasteiger partial charge in [-0.15, -0.1) is 0 Å². The molecule has 6 unspecified atom stereocenters. The largest absolute Gasteiger partial charge is 0.370 e. The minimum atomic E-state index is -0.587. The molecule has 9 nitrogen and oxygen atoms in total. The summed E-state index contributed by atoms with van der Waals surface area (Å²) in [5.41, 5.74) is 2.18. The van der Waals surface area contributed by atoms with Crippen LogP contribution in [0.5, 0.6) is 0 Å². The second-order valence-corrected chi connectivity index (χ2v) is 12.7. The van der Waals surface area contributed by atoms with Crippen LogP contribution < -0.4 is 0 Å². The second-order valence-electron chi connectivity index (χ2n) is 12.7. The fourth-order valence-electron chi connectivity index (χ4n) is 6.88. The van der Waals surface area contributed by atoms with Gasteiger partial charge in [-0.25, -0.2) is 0 Å². The quantitative estimate of drug-likeness (QED) is 0.321. The van der Waals surface area contributed by atoms with Crippen molar-refractivity contribution in [2.45, 2.75) is 103 Å². The Morgan fingerprint density at radius 1 is 0.578 bits per heavy atom. The zero-order valence-electron chi connectivity index (χ0n) is 26.4. The van der Waals surface area contributed by atoms with E-state index < -0.39 is 12.6 Å². The molecular weight excluding hydrogens is 576 g/mol. The van der Waals surface area contributed by atoms with Crippen LogP contribution in [0.4, 0.5) is 0 Å². The molecule has 7 rings (SSSR count). The highest BCUT2D eigenvalue weighted by Gasteiger charge is 2.53. The third-order valence-corrected chi connectivity index (χ3v) is 9.39. The third kappa shape index (κ3) is 6.83. The fraction of sp³-hybridized carbons (Fsp3) is 0.556. The van der Waals surface area contributed by atoms with Crippen LogP contribution in [0.15, 0.2) is 72.8 Å². The minimum Gasteiger partial charge on any atom is -0.370 e. The van der Waals surface area contributed by atoms with Crippen LogP contribution in [0.1, 0.15) is 38.8 Å². The van der Waals surface area contributed by atoms with E-state index in [2.05, 4.69) is 56.3 Å². The van der Waals surface area contributed by atoms with Crippen LogP contribution in [0.3, 0.4) is 0 Å². The van der Waals surface area contributed by atoms with E-state index >= 15 is 0 Å². The van der Waals surface area contributed by atoms with Gasteiger partial charge in [-0.05, 0) is 41.8 Å². The van der Waals surface area contributed by atoms with Gasteiger partial charge in [0, 0.05) is 11.8 Å². The molecule has 4 aliphatic heterocycles. The van der Waals surface area contributed by atoms with Crippen molar-refractivity contribution >= 4 is 10.8 Å². The smallest absolute Gasteiger partial charge is 0.163 e. The van der Waals surface area contributed by atoms with Crippen molar-refractivity contribution in [1.82, 2.24) is 0 Å². The number of fused-ring (bicyclic) bond motifs is 3. The van der Waals surface area contributed by atoms with Gasteiger partial charge in [0.1, 0.15) is 24.4 Å². The summed E-state index contributed by atoms with van der Waals surface area (Å²) in [5.74, 6) is -0.295. The van der Waals surface area contributed by atoms with E-state index in [1.807, 2.05) is 44.2 Å². The number of hydrogen-bond acceptors (Lipinski definition) is 9. The molecule has 12 atom stereocenters. The summed E-state index contributed by atoms with van der Waals surface area (Å²) in [4.78, 5) is 0. The molecule has 0 saturated carbocycles. The van der Waals surface area contributed by atoms with E-state index in [4.69, 9.17) is 42.6 Å². The first-order chi connectivity index (χ1) is 21.9. The van der Waals surface area contributed by atoms with Gasteiger partial charge < -0.3 is 42.6 Å². The maximum absolute atomic E-state index is 6.92. The van der Waals surface area contributed by atoms with E-state index in [0.717, 1.165) is 11.1 Å². The molecule has 3 aromatic rings. The average Bonchev–Trinajstić information content (AvgIpc) is 3.06. The highest BCUT2D eigenvalue weighted by molar-refractivity contribution is 5.82. The second kappa shape index (κ2) is 13.7. The molecule has 4 fully saturated rings. The Kier molecular flexibility index (Phi) is 9.51. The molecule has 4 saturated heterocycles. The Bertz CT molecular complexity index is 1400. The Hall–Kier alpha value is -2.44. The van der Waals surface area contributed by atoms with Crippen molar-refractivity contribution in [2.24, 2.45) is 11.8 Å². The Labute approximate surface area is 264 Å². The highest BCUT2D eigenvalue weighted by Crippen LogP contribution is 2.40. The summed E-state index contributed by atoms with van der Waals surface area (Å²) in [6.45, 7) is 9.66. The maximum atomic E-state index is 6.92. The van der Waals surface area contributed by atoms with Gasteiger partial charge in [0.05, 0.1) is 38.6 Å². The zero-order chi connectivity index (χ0) is 30.9. The molecule has 0 spiro atoms. The summed E-state index contributed by atoms with van der Waals surface area (Å²) in [7, 11) is 0. The number of hydrogen-bond donors (Lipinski definition) is 0. The molecule has 3 aromatic carbocycles. The van der Waals surface area contributed by atoms with Gasteiger partial charge in [0.25, 0.3) is 0 Å². The normalized spacial score (nSPS) is 38.4. The SMILES string of the molecule is CC1OCC2O[C@@H](O[C@@H]3C(C)[C@H](OCc4ccccc4)OC4COC(C)O[C@@H]43)C(C)[C@@H](OCc3ccc4ccccc4c3)[C@H]2O1. The summed E-state index contributed by atoms with van der Waals surface area (Å²) in [6.07, 6.45) is -3.77. The first kappa shape index (κ1) is 31.2. The van der Waals surface area contributed by atoms with Gasteiger partial charge in [-0.1, -0.05) is 80.6 Å². The Balaban J connectivity index is 1.10. The van der Waals surface area contributed by atoms with Crippen molar-refractivity contribution in [3.05, 3.63) is 83.9 Å². The van der Waals surface area contributed by atoms with Crippen molar-refractivity contribution in [1.29, 1.82) is 0 Å². The lowest BCUT2D eigenvalue weighted by Gasteiger charge is -2.52. The molecule has 0 amide bonds. The van der Waals surface area contributed by atoms with E-state index in [1.165, 1.54) is 10.8 Å². The van der Waals surface area contributed by atoms with Crippen LogP contribution in [0.2, 0.25) is 0 Å². The molecule has 0 aliphatic carbocycles. The lowest BCUT2D eigenvalue weighted by molar-refractivity contribution is -0.392. The predicted molar refractivity (Wildman–Crippen MR) is 165 cm³/mol. The molecule has 4 aliphatic rings. The van der Waals surface area contributed by atoms with Crippen LogP contribution in [-0.4, -0.2) is 75.0 Å². The van der Waals surface area contributed by atoms with Gasteiger partial charge in [0.2, 0.25) is 0 Å². The van der Waals surface area contributed by atoms with Crippen LogP contribution >= 0.6 is 0 Å². The molecule has 0 aromatic heterocycles. The molecule has 242 valence electrons. The highest BCUT2D eigenvalue weighted by atomic mass is 16.8. The summed E-state index contributed by atoms with van der Waals surface area (Å²) in [6, 6.07) is 24.9. The minimum absolute atomic E-state index is 0.147. The first-order valence-electron chi connectivity index (χ1n) is 16.2. The Morgan fingerprint density at radius 3 is 1.91 bits per heavy atom. The molecule has 9 heteroatoms.